The molecule has 2 aromatic rings. The predicted molar refractivity (Wildman–Crippen MR) is 77.4 cm³/mol. The van der Waals surface area contributed by atoms with Gasteiger partial charge in [0.15, 0.2) is 4.34 Å². The summed E-state index contributed by atoms with van der Waals surface area (Å²) in [5.74, 6) is -0.275. The number of nitrogens with zero attached hydrogens (tertiary/aromatic N) is 3. The monoisotopic (exact) mass is 298 g/mol. The number of hydrogen-bond acceptors (Lipinski definition) is 6. The van der Waals surface area contributed by atoms with E-state index in [0.29, 0.717) is 0 Å². The van der Waals surface area contributed by atoms with E-state index < -0.39 is 0 Å². The Morgan fingerprint density at radius 1 is 1.37 bits per heavy atom. The van der Waals surface area contributed by atoms with Gasteiger partial charge in [-0.3, -0.25) is 0 Å². The Kier molecular flexibility index (Phi) is 4.38. The third-order valence-electron chi connectivity index (χ3n) is 2.44. The van der Waals surface area contributed by atoms with Gasteiger partial charge in [0, 0.05) is 25.0 Å². The van der Waals surface area contributed by atoms with Crippen molar-refractivity contribution >= 4 is 28.2 Å². The summed E-state index contributed by atoms with van der Waals surface area (Å²) in [6.45, 7) is 1.84. The summed E-state index contributed by atoms with van der Waals surface area (Å²) in [6, 6.07) is 4.41. The van der Waals surface area contributed by atoms with Gasteiger partial charge < -0.3 is 10.6 Å². The fraction of sp³-hybridized carbons (Fsp3) is 0.333. The maximum absolute atomic E-state index is 13.3. The average molecular weight is 298 g/mol. The third kappa shape index (κ3) is 3.43. The number of rotatable bonds is 4. The Morgan fingerprint density at radius 3 is 2.68 bits per heavy atom. The Balaban J connectivity index is 2.27. The van der Waals surface area contributed by atoms with Crippen molar-refractivity contribution in [3.05, 3.63) is 29.6 Å². The summed E-state index contributed by atoms with van der Waals surface area (Å²) in [4.78, 5) is 2.82. The van der Waals surface area contributed by atoms with Crippen molar-refractivity contribution in [1.82, 2.24) is 10.2 Å². The zero-order valence-electron chi connectivity index (χ0n) is 10.9. The van der Waals surface area contributed by atoms with Crippen LogP contribution >= 0.6 is 23.1 Å². The van der Waals surface area contributed by atoms with Crippen LogP contribution in [-0.2, 0) is 0 Å². The van der Waals surface area contributed by atoms with Crippen LogP contribution in [0, 0.1) is 5.82 Å². The van der Waals surface area contributed by atoms with Crippen LogP contribution in [0.1, 0.15) is 18.5 Å². The molecule has 0 saturated carbocycles. The largest absolute Gasteiger partial charge is 0.353 e. The number of aromatic nitrogens is 2. The molecule has 19 heavy (non-hydrogen) atoms. The Labute approximate surface area is 119 Å². The first-order valence-electron chi connectivity index (χ1n) is 5.71. The summed E-state index contributed by atoms with van der Waals surface area (Å²) < 4.78 is 14.1. The van der Waals surface area contributed by atoms with Crippen molar-refractivity contribution in [3.8, 4) is 0 Å². The second-order valence-corrected chi connectivity index (χ2v) is 6.56. The lowest BCUT2D eigenvalue weighted by atomic mass is 10.1. The molecule has 0 spiro atoms. The van der Waals surface area contributed by atoms with E-state index in [1.54, 1.807) is 6.07 Å². The average Bonchev–Trinajstić information content (AvgIpc) is 2.80. The summed E-state index contributed by atoms with van der Waals surface area (Å²) in [6.07, 6.45) is 0. The van der Waals surface area contributed by atoms with Gasteiger partial charge in [-0.15, -0.1) is 10.2 Å². The first-order chi connectivity index (χ1) is 8.97. The smallest absolute Gasteiger partial charge is 0.208 e. The van der Waals surface area contributed by atoms with Crippen LogP contribution < -0.4 is 10.6 Å². The highest BCUT2D eigenvalue weighted by Crippen LogP contribution is 2.36. The Hall–Kier alpha value is -1.18. The van der Waals surface area contributed by atoms with Gasteiger partial charge >= 0.3 is 0 Å². The van der Waals surface area contributed by atoms with E-state index in [-0.39, 0.29) is 11.9 Å². The number of anilines is 1. The van der Waals surface area contributed by atoms with Gasteiger partial charge in [0.1, 0.15) is 5.82 Å². The van der Waals surface area contributed by atoms with Crippen molar-refractivity contribution < 1.29 is 4.39 Å². The minimum absolute atomic E-state index is 0.223. The Bertz CT molecular complexity index is 569. The molecule has 1 aromatic carbocycles. The lowest BCUT2D eigenvalue weighted by Crippen LogP contribution is -2.07. The van der Waals surface area contributed by atoms with Gasteiger partial charge in [-0.05, 0) is 30.7 Å². The first-order valence-corrected chi connectivity index (χ1v) is 7.34. The maximum atomic E-state index is 13.3. The molecule has 0 unspecified atom stereocenters. The van der Waals surface area contributed by atoms with E-state index >= 15 is 0 Å². The number of hydrogen-bond donors (Lipinski definition) is 1. The quantitative estimate of drug-likeness (QED) is 0.940. The third-order valence-corrected chi connectivity index (χ3v) is 4.67. The molecule has 0 saturated heterocycles. The molecule has 0 fully saturated rings. The minimum atomic E-state index is -0.275. The van der Waals surface area contributed by atoms with E-state index in [1.807, 2.05) is 25.9 Å². The molecule has 1 atom stereocenters. The summed E-state index contributed by atoms with van der Waals surface area (Å²) in [5, 5.41) is 9.02. The zero-order valence-corrected chi connectivity index (χ0v) is 12.6. The molecule has 2 N–H and O–H groups in total. The summed E-state index contributed by atoms with van der Waals surface area (Å²) in [7, 11) is 3.83. The van der Waals surface area contributed by atoms with Crippen molar-refractivity contribution in [2.24, 2.45) is 5.73 Å². The minimum Gasteiger partial charge on any atom is -0.353 e. The summed E-state index contributed by atoms with van der Waals surface area (Å²) >= 11 is 2.95. The van der Waals surface area contributed by atoms with E-state index in [2.05, 4.69) is 10.2 Å². The second kappa shape index (κ2) is 5.85. The van der Waals surface area contributed by atoms with Gasteiger partial charge in [0.05, 0.1) is 0 Å². The topological polar surface area (TPSA) is 55.0 Å². The van der Waals surface area contributed by atoms with Crippen molar-refractivity contribution in [2.75, 3.05) is 19.0 Å². The molecule has 0 aliphatic rings. The zero-order chi connectivity index (χ0) is 14.0. The van der Waals surface area contributed by atoms with E-state index in [4.69, 9.17) is 5.73 Å². The highest BCUT2D eigenvalue weighted by Gasteiger charge is 2.13. The maximum Gasteiger partial charge on any atom is 0.208 e. The summed E-state index contributed by atoms with van der Waals surface area (Å²) in [5.41, 5.74) is 6.65. The Morgan fingerprint density at radius 2 is 2.11 bits per heavy atom. The van der Waals surface area contributed by atoms with Gasteiger partial charge in [-0.2, -0.15) is 0 Å². The molecule has 0 radical (unpaired) electrons. The van der Waals surface area contributed by atoms with Crippen LogP contribution in [0.4, 0.5) is 9.52 Å². The van der Waals surface area contributed by atoms with E-state index in [1.165, 1.54) is 35.2 Å². The molecular formula is C12H15FN4S2. The van der Waals surface area contributed by atoms with E-state index in [0.717, 1.165) is 19.9 Å². The SMILES string of the molecule is C[C@@H](N)c1cc(F)ccc1Sc1nnc(N(C)C)s1. The second-order valence-electron chi connectivity index (χ2n) is 4.32. The lowest BCUT2D eigenvalue weighted by Gasteiger charge is -2.11. The molecule has 0 aliphatic heterocycles. The van der Waals surface area contributed by atoms with Gasteiger partial charge in [0.2, 0.25) is 5.13 Å². The van der Waals surface area contributed by atoms with Crippen molar-refractivity contribution in [3.63, 3.8) is 0 Å². The molecule has 4 nitrogen and oxygen atoms in total. The van der Waals surface area contributed by atoms with Crippen LogP contribution in [-0.4, -0.2) is 24.3 Å². The molecule has 2 rings (SSSR count). The molecule has 1 heterocycles. The molecular weight excluding hydrogens is 283 g/mol. The van der Waals surface area contributed by atoms with Gasteiger partial charge in [0.25, 0.3) is 0 Å². The van der Waals surface area contributed by atoms with Crippen LogP contribution in [0.15, 0.2) is 27.4 Å². The number of nitrogens with two attached hydrogens (primary N) is 1. The highest BCUT2D eigenvalue weighted by molar-refractivity contribution is 8.01. The first kappa shape index (κ1) is 14.2. The molecule has 102 valence electrons. The van der Waals surface area contributed by atoms with Crippen LogP contribution in [0.3, 0.4) is 0 Å². The van der Waals surface area contributed by atoms with Crippen LogP contribution in [0.25, 0.3) is 0 Å². The van der Waals surface area contributed by atoms with Crippen LogP contribution in [0.2, 0.25) is 0 Å². The van der Waals surface area contributed by atoms with E-state index in [9.17, 15) is 4.39 Å². The fourth-order valence-electron chi connectivity index (χ4n) is 1.49. The normalized spacial score (nSPS) is 12.5. The predicted octanol–water partition coefficient (Wildman–Crippen LogP) is 2.91. The molecule has 7 heteroatoms. The molecule has 0 amide bonds. The van der Waals surface area contributed by atoms with Gasteiger partial charge in [-0.25, -0.2) is 4.39 Å². The van der Waals surface area contributed by atoms with Gasteiger partial charge in [-0.1, -0.05) is 23.1 Å². The highest BCUT2D eigenvalue weighted by atomic mass is 32.2. The number of benzene rings is 1. The van der Waals surface area contributed by atoms with Crippen molar-refractivity contribution in [1.29, 1.82) is 0 Å². The standard InChI is InChI=1S/C12H15FN4S2/c1-7(14)9-6-8(13)4-5-10(9)18-12-16-15-11(19-12)17(2)3/h4-7H,14H2,1-3H3/t7-/m1/s1. The molecule has 0 bridgehead atoms. The van der Waals surface area contributed by atoms with Crippen molar-refractivity contribution in [2.45, 2.75) is 22.2 Å². The number of halogens is 1. The van der Waals surface area contributed by atoms with Crippen LogP contribution in [0.5, 0.6) is 0 Å². The lowest BCUT2D eigenvalue weighted by molar-refractivity contribution is 0.619. The molecule has 1 aromatic heterocycles. The molecule has 0 aliphatic carbocycles. The fourth-order valence-corrected chi connectivity index (χ4v) is 3.42.